The number of aliphatic hydroxyl groups is 1. The maximum atomic E-state index is 8.88. The summed E-state index contributed by atoms with van der Waals surface area (Å²) in [7, 11) is 1.93. The van der Waals surface area contributed by atoms with Gasteiger partial charge in [0.2, 0.25) is 5.95 Å². The van der Waals surface area contributed by atoms with E-state index in [9.17, 15) is 0 Å². The number of aromatic nitrogens is 4. The summed E-state index contributed by atoms with van der Waals surface area (Å²) in [5.41, 5.74) is 1.23. The summed E-state index contributed by atoms with van der Waals surface area (Å²) in [4.78, 5) is 10.7. The Morgan fingerprint density at radius 3 is 3.05 bits per heavy atom. The summed E-state index contributed by atoms with van der Waals surface area (Å²) in [6.45, 7) is 0.912. The highest BCUT2D eigenvalue weighted by atomic mass is 32.2. The van der Waals surface area contributed by atoms with Crippen LogP contribution in [0.4, 0.5) is 5.95 Å². The van der Waals surface area contributed by atoms with Crippen molar-refractivity contribution in [3.63, 3.8) is 0 Å². The lowest BCUT2D eigenvalue weighted by Gasteiger charge is -2.16. The number of aromatic amines is 1. The third-order valence-corrected chi connectivity index (χ3v) is 4.27. The summed E-state index contributed by atoms with van der Waals surface area (Å²) in [6, 6.07) is 4.00. The van der Waals surface area contributed by atoms with E-state index in [1.165, 1.54) is 30.3 Å². The Bertz CT molecular complexity index is 599. The van der Waals surface area contributed by atoms with E-state index in [0.29, 0.717) is 18.3 Å². The quantitative estimate of drug-likeness (QED) is 0.762. The van der Waals surface area contributed by atoms with Gasteiger partial charge in [-0.25, -0.2) is 9.97 Å². The summed E-state index contributed by atoms with van der Waals surface area (Å²) in [6.07, 6.45) is 5.00. The van der Waals surface area contributed by atoms with Crippen molar-refractivity contribution in [1.82, 2.24) is 20.2 Å². The third kappa shape index (κ3) is 3.74. The molecule has 0 bridgehead atoms. The van der Waals surface area contributed by atoms with Crippen LogP contribution in [0.25, 0.3) is 0 Å². The molecule has 0 unspecified atom stereocenters. The van der Waals surface area contributed by atoms with Gasteiger partial charge < -0.3 is 10.0 Å². The Hall–Kier alpha value is -1.60. The van der Waals surface area contributed by atoms with Crippen molar-refractivity contribution in [3.05, 3.63) is 24.0 Å². The number of hydrogen-bond donors (Lipinski definition) is 2. The molecule has 2 N–H and O–H groups in total. The Kier molecular flexibility index (Phi) is 4.40. The molecule has 0 amide bonds. The summed E-state index contributed by atoms with van der Waals surface area (Å²) in [5, 5.41) is 18.1. The molecule has 0 spiro atoms. The number of nitrogens with zero attached hydrogens (tertiary/aromatic N) is 4. The first kappa shape index (κ1) is 14.3. The van der Waals surface area contributed by atoms with Gasteiger partial charge in [-0.3, -0.25) is 5.10 Å². The first-order valence-electron chi connectivity index (χ1n) is 7.14. The SMILES string of the molecule is CN(CCCO)c1nccc(Sc2cc(C3CC3)[nH]n2)n1. The van der Waals surface area contributed by atoms with Gasteiger partial charge in [-0.1, -0.05) is 0 Å². The molecule has 2 aromatic rings. The number of hydrogen-bond acceptors (Lipinski definition) is 6. The highest BCUT2D eigenvalue weighted by Gasteiger charge is 2.25. The fraction of sp³-hybridized carbons (Fsp3) is 0.500. The summed E-state index contributed by atoms with van der Waals surface area (Å²) in [5.74, 6) is 1.35. The van der Waals surface area contributed by atoms with Crippen molar-refractivity contribution in [2.24, 2.45) is 0 Å². The molecule has 1 fully saturated rings. The van der Waals surface area contributed by atoms with E-state index < -0.39 is 0 Å². The maximum absolute atomic E-state index is 8.88. The zero-order valence-corrected chi connectivity index (χ0v) is 12.8. The highest BCUT2D eigenvalue weighted by molar-refractivity contribution is 7.99. The van der Waals surface area contributed by atoms with E-state index in [4.69, 9.17) is 5.11 Å². The van der Waals surface area contributed by atoms with Crippen LogP contribution in [0.5, 0.6) is 0 Å². The molecule has 112 valence electrons. The molecule has 0 atom stereocenters. The highest BCUT2D eigenvalue weighted by Crippen LogP contribution is 2.40. The van der Waals surface area contributed by atoms with Gasteiger partial charge in [0.15, 0.2) is 0 Å². The molecule has 6 nitrogen and oxygen atoms in total. The van der Waals surface area contributed by atoms with Crippen molar-refractivity contribution >= 4 is 17.7 Å². The van der Waals surface area contributed by atoms with Crippen molar-refractivity contribution in [2.45, 2.75) is 35.2 Å². The number of aliphatic hydroxyl groups excluding tert-OH is 1. The van der Waals surface area contributed by atoms with Crippen LogP contribution in [0, 0.1) is 0 Å². The molecule has 7 heteroatoms. The molecule has 0 aromatic carbocycles. The molecule has 21 heavy (non-hydrogen) atoms. The van der Waals surface area contributed by atoms with Crippen LogP contribution in [-0.2, 0) is 0 Å². The van der Waals surface area contributed by atoms with Gasteiger partial charge in [0.1, 0.15) is 10.1 Å². The van der Waals surface area contributed by atoms with E-state index in [1.54, 1.807) is 6.20 Å². The zero-order valence-electron chi connectivity index (χ0n) is 12.0. The Morgan fingerprint density at radius 2 is 2.29 bits per heavy atom. The van der Waals surface area contributed by atoms with Gasteiger partial charge in [0, 0.05) is 38.0 Å². The lowest BCUT2D eigenvalue weighted by atomic mass is 10.3. The van der Waals surface area contributed by atoms with Gasteiger partial charge in [-0.15, -0.1) is 0 Å². The van der Waals surface area contributed by atoms with Crippen LogP contribution in [0.1, 0.15) is 30.9 Å². The molecule has 0 saturated heterocycles. The van der Waals surface area contributed by atoms with Crippen LogP contribution in [0.3, 0.4) is 0 Å². The van der Waals surface area contributed by atoms with Crippen LogP contribution in [0.2, 0.25) is 0 Å². The van der Waals surface area contributed by atoms with E-state index in [-0.39, 0.29) is 6.61 Å². The minimum Gasteiger partial charge on any atom is -0.396 e. The predicted octanol–water partition coefficient (Wildman–Crippen LogP) is 2.05. The Balaban J connectivity index is 1.66. The fourth-order valence-corrected chi connectivity index (χ4v) is 2.81. The van der Waals surface area contributed by atoms with Gasteiger partial charge >= 0.3 is 0 Å². The van der Waals surface area contributed by atoms with Crippen LogP contribution in [-0.4, -0.2) is 45.5 Å². The summed E-state index contributed by atoms with van der Waals surface area (Å²) >= 11 is 1.54. The molecule has 1 aliphatic carbocycles. The minimum absolute atomic E-state index is 0.177. The van der Waals surface area contributed by atoms with E-state index in [0.717, 1.165) is 16.6 Å². The van der Waals surface area contributed by atoms with Crippen molar-refractivity contribution in [1.29, 1.82) is 0 Å². The lowest BCUT2D eigenvalue weighted by Crippen LogP contribution is -2.21. The first-order valence-corrected chi connectivity index (χ1v) is 7.96. The first-order chi connectivity index (χ1) is 10.3. The maximum Gasteiger partial charge on any atom is 0.226 e. The van der Waals surface area contributed by atoms with Crippen LogP contribution < -0.4 is 4.90 Å². The monoisotopic (exact) mass is 305 g/mol. The second-order valence-corrected chi connectivity index (χ2v) is 6.27. The van der Waals surface area contributed by atoms with Crippen LogP contribution in [0.15, 0.2) is 28.4 Å². The van der Waals surface area contributed by atoms with Crippen molar-refractivity contribution in [3.8, 4) is 0 Å². The van der Waals surface area contributed by atoms with E-state index in [2.05, 4.69) is 26.2 Å². The normalized spacial score (nSPS) is 14.4. The fourth-order valence-electron chi connectivity index (χ4n) is 2.06. The van der Waals surface area contributed by atoms with Gasteiger partial charge in [-0.05, 0) is 43.2 Å². The molecule has 1 saturated carbocycles. The van der Waals surface area contributed by atoms with Crippen molar-refractivity contribution < 1.29 is 5.11 Å². The molecular weight excluding hydrogens is 286 g/mol. The molecule has 2 heterocycles. The van der Waals surface area contributed by atoms with E-state index in [1.807, 2.05) is 18.0 Å². The number of H-pyrrole nitrogens is 1. The predicted molar refractivity (Wildman–Crippen MR) is 81.7 cm³/mol. The van der Waals surface area contributed by atoms with Crippen molar-refractivity contribution in [2.75, 3.05) is 25.1 Å². The lowest BCUT2D eigenvalue weighted by molar-refractivity contribution is 0.290. The van der Waals surface area contributed by atoms with Gasteiger partial charge in [0.25, 0.3) is 0 Å². The second-order valence-electron chi connectivity index (χ2n) is 5.23. The standard InChI is InChI=1S/C14H19N5OS/c1-19(7-2-8-20)14-15-6-5-12(16-14)21-13-9-11(17-18-13)10-3-4-10/h5-6,9-10,20H,2-4,7-8H2,1H3,(H,17,18). The number of rotatable bonds is 7. The number of anilines is 1. The van der Waals surface area contributed by atoms with Crippen LogP contribution >= 0.6 is 11.8 Å². The molecule has 1 aliphatic rings. The zero-order chi connectivity index (χ0) is 14.7. The smallest absolute Gasteiger partial charge is 0.226 e. The minimum atomic E-state index is 0.177. The van der Waals surface area contributed by atoms with Gasteiger partial charge in [-0.2, -0.15) is 5.10 Å². The molecule has 2 aromatic heterocycles. The molecule has 3 rings (SSSR count). The largest absolute Gasteiger partial charge is 0.396 e. The second kappa shape index (κ2) is 6.44. The average Bonchev–Trinajstić information content (AvgIpc) is 3.25. The molecular formula is C14H19N5OS. The van der Waals surface area contributed by atoms with E-state index >= 15 is 0 Å². The number of nitrogens with one attached hydrogen (secondary N) is 1. The van der Waals surface area contributed by atoms with Gasteiger partial charge in [0.05, 0.1) is 0 Å². The topological polar surface area (TPSA) is 77.9 Å². The molecule has 0 aliphatic heterocycles. The third-order valence-electron chi connectivity index (χ3n) is 3.41. The molecule has 0 radical (unpaired) electrons. The summed E-state index contributed by atoms with van der Waals surface area (Å²) < 4.78 is 0. The Morgan fingerprint density at radius 1 is 1.43 bits per heavy atom. The average molecular weight is 305 g/mol. The Labute approximate surface area is 128 Å².